The molecule has 0 unspecified atom stereocenters. The first kappa shape index (κ1) is 17.9. The van der Waals surface area contributed by atoms with Gasteiger partial charge in [0.05, 0.1) is 10.5 Å². The number of primary amides is 1. The molecule has 0 aliphatic carbocycles. The minimum absolute atomic E-state index is 0.0963. The van der Waals surface area contributed by atoms with Crippen LogP contribution in [0.15, 0.2) is 18.2 Å². The van der Waals surface area contributed by atoms with Gasteiger partial charge in [0, 0.05) is 20.2 Å². The second kappa shape index (κ2) is 7.20. The average Bonchev–Trinajstić information content (AvgIpc) is 2.45. The maximum Gasteiger partial charge on any atom is 0.339 e. The molecule has 0 fully saturated rings. The van der Waals surface area contributed by atoms with Gasteiger partial charge in [0.25, 0.3) is 11.6 Å². The number of nitrogens with two attached hydrogens (primary N) is 1. The highest BCUT2D eigenvalue weighted by Crippen LogP contribution is 2.28. The minimum Gasteiger partial charge on any atom is -0.449 e. The summed E-state index contributed by atoms with van der Waals surface area (Å²) in [5, 5.41) is 12.8. The van der Waals surface area contributed by atoms with Crippen molar-refractivity contribution < 1.29 is 24.0 Å². The average molecular weight is 324 g/mol. The highest BCUT2D eigenvalue weighted by atomic mass is 16.6. The van der Waals surface area contributed by atoms with Crippen LogP contribution < -0.4 is 16.0 Å². The number of hydrogen-bond donors (Lipinski definition) is 2. The fraction of sp³-hybridized carbons (Fsp3) is 0.308. The van der Waals surface area contributed by atoms with Crippen LogP contribution in [0, 0.1) is 10.1 Å². The molecule has 1 aromatic rings. The van der Waals surface area contributed by atoms with E-state index >= 15 is 0 Å². The number of nitrogens with one attached hydrogen (secondary N) is 1. The Balaban J connectivity index is 2.96. The largest absolute Gasteiger partial charge is 0.449 e. The Labute approximate surface area is 131 Å². The maximum absolute atomic E-state index is 11.9. The quantitative estimate of drug-likeness (QED) is 0.453. The van der Waals surface area contributed by atoms with E-state index in [0.717, 1.165) is 6.07 Å². The second-order valence-corrected chi connectivity index (χ2v) is 4.76. The van der Waals surface area contributed by atoms with Crippen LogP contribution in [0.2, 0.25) is 0 Å². The molecule has 1 aromatic carbocycles. The third kappa shape index (κ3) is 4.66. The van der Waals surface area contributed by atoms with E-state index in [9.17, 15) is 24.5 Å². The van der Waals surface area contributed by atoms with Gasteiger partial charge >= 0.3 is 12.0 Å². The molecule has 1 atom stereocenters. The standard InChI is InChI=1S/C13H16N4O6/c1-7(11(18)15-13(14)20)23-12(19)8-4-5-9(16(2)3)10(6-8)17(21)22/h4-7H,1-3H3,(H3,14,15,18,20)/t7-/m1/s1. The highest BCUT2D eigenvalue weighted by Gasteiger charge is 2.23. The molecule has 0 heterocycles. The zero-order valence-corrected chi connectivity index (χ0v) is 12.7. The predicted molar refractivity (Wildman–Crippen MR) is 80.0 cm³/mol. The van der Waals surface area contributed by atoms with Gasteiger partial charge in [-0.3, -0.25) is 20.2 Å². The molecule has 10 nitrogen and oxygen atoms in total. The van der Waals surface area contributed by atoms with Gasteiger partial charge < -0.3 is 15.4 Å². The third-order valence-corrected chi connectivity index (χ3v) is 2.79. The molecule has 3 amide bonds. The van der Waals surface area contributed by atoms with E-state index in [4.69, 9.17) is 10.5 Å². The van der Waals surface area contributed by atoms with Gasteiger partial charge in [-0.2, -0.15) is 0 Å². The Kier molecular flexibility index (Phi) is 5.60. The number of anilines is 1. The minimum atomic E-state index is -1.29. The molecule has 0 aliphatic heterocycles. The van der Waals surface area contributed by atoms with Crippen molar-refractivity contribution >= 4 is 29.3 Å². The Morgan fingerprint density at radius 1 is 1.35 bits per heavy atom. The molecule has 0 aliphatic rings. The van der Waals surface area contributed by atoms with Crippen LogP contribution in [0.1, 0.15) is 17.3 Å². The van der Waals surface area contributed by atoms with Gasteiger partial charge in [-0.1, -0.05) is 0 Å². The van der Waals surface area contributed by atoms with E-state index in [-0.39, 0.29) is 11.3 Å². The van der Waals surface area contributed by atoms with Crippen molar-refractivity contribution in [1.29, 1.82) is 0 Å². The fourth-order valence-corrected chi connectivity index (χ4v) is 1.68. The SMILES string of the molecule is C[C@@H](OC(=O)c1ccc(N(C)C)c([N+](=O)[O-])c1)C(=O)NC(N)=O. The molecule has 10 heteroatoms. The number of rotatable bonds is 5. The number of nitro groups is 1. The van der Waals surface area contributed by atoms with E-state index in [2.05, 4.69) is 0 Å². The lowest BCUT2D eigenvalue weighted by atomic mass is 10.1. The molecule has 0 aromatic heterocycles. The molecule has 124 valence electrons. The summed E-state index contributed by atoms with van der Waals surface area (Å²) in [6, 6.07) is 2.70. The number of amides is 3. The molecular formula is C13H16N4O6. The maximum atomic E-state index is 11.9. The van der Waals surface area contributed by atoms with Crippen LogP contribution in [0.25, 0.3) is 0 Å². The van der Waals surface area contributed by atoms with Gasteiger partial charge in [-0.25, -0.2) is 9.59 Å². The van der Waals surface area contributed by atoms with E-state index < -0.39 is 28.9 Å². The van der Waals surface area contributed by atoms with Crippen molar-refractivity contribution in [2.24, 2.45) is 5.73 Å². The fourth-order valence-electron chi connectivity index (χ4n) is 1.68. The number of ether oxygens (including phenoxy) is 1. The van der Waals surface area contributed by atoms with Gasteiger partial charge in [0.15, 0.2) is 6.10 Å². The molecule has 0 saturated carbocycles. The first-order chi connectivity index (χ1) is 10.6. The lowest BCUT2D eigenvalue weighted by molar-refractivity contribution is -0.384. The van der Waals surface area contributed by atoms with E-state index in [1.54, 1.807) is 19.4 Å². The van der Waals surface area contributed by atoms with Crippen molar-refractivity contribution in [3.05, 3.63) is 33.9 Å². The van der Waals surface area contributed by atoms with E-state index in [1.807, 2.05) is 0 Å². The zero-order valence-electron chi connectivity index (χ0n) is 12.7. The molecule has 0 bridgehead atoms. The Morgan fingerprint density at radius 3 is 2.43 bits per heavy atom. The summed E-state index contributed by atoms with van der Waals surface area (Å²) < 4.78 is 4.84. The normalized spacial score (nSPS) is 11.3. The molecule has 0 spiro atoms. The van der Waals surface area contributed by atoms with Gasteiger partial charge in [0.1, 0.15) is 5.69 Å². The monoisotopic (exact) mass is 324 g/mol. The molecule has 0 radical (unpaired) electrons. The smallest absolute Gasteiger partial charge is 0.339 e. The summed E-state index contributed by atoms with van der Waals surface area (Å²) in [4.78, 5) is 45.9. The van der Waals surface area contributed by atoms with Crippen LogP contribution in [0.5, 0.6) is 0 Å². The van der Waals surface area contributed by atoms with Gasteiger partial charge in [0.2, 0.25) is 0 Å². The Bertz CT molecular complexity index is 658. The van der Waals surface area contributed by atoms with Crippen molar-refractivity contribution in [2.75, 3.05) is 19.0 Å². The summed E-state index contributed by atoms with van der Waals surface area (Å²) in [7, 11) is 3.24. The van der Waals surface area contributed by atoms with Crippen molar-refractivity contribution in [1.82, 2.24) is 5.32 Å². The predicted octanol–water partition coefficient (Wildman–Crippen LogP) is 0.401. The van der Waals surface area contributed by atoms with Gasteiger partial charge in [-0.05, 0) is 19.1 Å². The number of nitrogens with zero attached hydrogens (tertiary/aromatic N) is 2. The van der Waals surface area contributed by atoms with Crippen LogP contribution in [0.4, 0.5) is 16.2 Å². The Morgan fingerprint density at radius 2 is 1.96 bits per heavy atom. The molecule has 0 saturated heterocycles. The van der Waals surface area contributed by atoms with Crippen LogP contribution >= 0.6 is 0 Å². The van der Waals surface area contributed by atoms with Crippen molar-refractivity contribution in [3.63, 3.8) is 0 Å². The first-order valence-electron chi connectivity index (χ1n) is 6.40. The van der Waals surface area contributed by atoms with E-state index in [0.29, 0.717) is 5.69 Å². The third-order valence-electron chi connectivity index (χ3n) is 2.79. The number of nitro benzene ring substituents is 1. The number of urea groups is 1. The van der Waals surface area contributed by atoms with Crippen molar-refractivity contribution in [3.8, 4) is 0 Å². The summed E-state index contributed by atoms with van der Waals surface area (Å²) in [6.45, 7) is 1.23. The lowest BCUT2D eigenvalue weighted by Crippen LogP contribution is -2.42. The molecule has 3 N–H and O–H groups in total. The number of carbonyl (C=O) groups is 3. The Hall–Kier alpha value is -3.17. The molecular weight excluding hydrogens is 308 g/mol. The van der Waals surface area contributed by atoms with Crippen LogP contribution in [-0.4, -0.2) is 43.0 Å². The number of hydrogen-bond acceptors (Lipinski definition) is 7. The first-order valence-corrected chi connectivity index (χ1v) is 6.40. The molecule has 23 heavy (non-hydrogen) atoms. The lowest BCUT2D eigenvalue weighted by Gasteiger charge is -2.14. The second-order valence-electron chi connectivity index (χ2n) is 4.76. The number of carbonyl (C=O) groups excluding carboxylic acids is 3. The molecule has 1 rings (SSSR count). The summed E-state index contributed by atoms with van der Waals surface area (Å²) in [5.74, 6) is -1.84. The van der Waals surface area contributed by atoms with Crippen LogP contribution in [0.3, 0.4) is 0 Å². The van der Waals surface area contributed by atoms with Crippen LogP contribution in [-0.2, 0) is 9.53 Å². The number of benzene rings is 1. The topological polar surface area (TPSA) is 145 Å². The zero-order chi connectivity index (χ0) is 17.7. The number of imide groups is 1. The highest BCUT2D eigenvalue weighted by molar-refractivity contribution is 5.98. The van der Waals surface area contributed by atoms with Gasteiger partial charge in [-0.15, -0.1) is 0 Å². The van der Waals surface area contributed by atoms with E-state index in [1.165, 1.54) is 24.0 Å². The summed E-state index contributed by atoms with van der Waals surface area (Å²) in [5.41, 5.74) is 4.72. The van der Waals surface area contributed by atoms with Crippen molar-refractivity contribution in [2.45, 2.75) is 13.0 Å². The summed E-state index contributed by atoms with van der Waals surface area (Å²) >= 11 is 0. The summed E-state index contributed by atoms with van der Waals surface area (Å²) in [6.07, 6.45) is -1.29. The number of esters is 1.